The maximum absolute atomic E-state index is 13.1. The van der Waals surface area contributed by atoms with Gasteiger partial charge in [-0.2, -0.15) is 0 Å². The third kappa shape index (κ3) is 3.52. The highest BCUT2D eigenvalue weighted by molar-refractivity contribution is 7.99. The summed E-state index contributed by atoms with van der Waals surface area (Å²) in [4.78, 5) is 0.582. The van der Waals surface area contributed by atoms with Crippen molar-refractivity contribution in [1.29, 1.82) is 0 Å². The molecule has 0 bridgehead atoms. The SMILES string of the molecule is NCC(Sc1ccc(F)c(F)c1)c1ccc(F)cc1. The smallest absolute Gasteiger partial charge is 0.159 e. The molecular weight excluding hydrogens is 271 g/mol. The molecule has 1 nitrogen and oxygen atoms in total. The summed E-state index contributed by atoms with van der Waals surface area (Å²) in [5.41, 5.74) is 6.52. The van der Waals surface area contributed by atoms with Crippen molar-refractivity contribution in [2.75, 3.05) is 6.54 Å². The molecule has 0 saturated heterocycles. The standard InChI is InChI=1S/C14H12F3NS/c15-10-3-1-9(2-4-10)14(8-18)19-11-5-6-12(16)13(17)7-11/h1-7,14H,8,18H2. The largest absolute Gasteiger partial charge is 0.329 e. The van der Waals surface area contributed by atoms with Crippen molar-refractivity contribution in [2.45, 2.75) is 10.1 Å². The fourth-order valence-electron chi connectivity index (χ4n) is 1.64. The molecule has 100 valence electrons. The van der Waals surface area contributed by atoms with Crippen LogP contribution < -0.4 is 5.73 Å². The third-order valence-corrected chi connectivity index (χ3v) is 3.90. The Bertz CT molecular complexity index is 557. The Hall–Kier alpha value is -1.46. The van der Waals surface area contributed by atoms with Crippen LogP contribution in [0.2, 0.25) is 0 Å². The Labute approximate surface area is 113 Å². The molecule has 0 aliphatic carbocycles. The first-order valence-corrected chi connectivity index (χ1v) is 6.55. The minimum atomic E-state index is -0.889. The van der Waals surface area contributed by atoms with E-state index in [1.165, 1.54) is 30.0 Å². The van der Waals surface area contributed by atoms with E-state index in [1.54, 1.807) is 12.1 Å². The molecule has 0 spiro atoms. The van der Waals surface area contributed by atoms with Gasteiger partial charge in [-0.1, -0.05) is 12.1 Å². The number of hydrogen-bond acceptors (Lipinski definition) is 2. The average molecular weight is 283 g/mol. The van der Waals surface area contributed by atoms with Gasteiger partial charge in [0.05, 0.1) is 0 Å². The van der Waals surface area contributed by atoms with Crippen molar-refractivity contribution in [1.82, 2.24) is 0 Å². The Morgan fingerprint density at radius 2 is 1.63 bits per heavy atom. The van der Waals surface area contributed by atoms with Gasteiger partial charge in [0.1, 0.15) is 5.82 Å². The Morgan fingerprint density at radius 1 is 0.947 bits per heavy atom. The lowest BCUT2D eigenvalue weighted by Crippen LogP contribution is -2.09. The Morgan fingerprint density at radius 3 is 2.21 bits per heavy atom. The average Bonchev–Trinajstić information content (AvgIpc) is 2.41. The van der Waals surface area contributed by atoms with Crippen LogP contribution in [0.5, 0.6) is 0 Å². The molecule has 0 aliphatic heterocycles. The van der Waals surface area contributed by atoms with E-state index in [0.717, 1.165) is 17.7 Å². The minimum Gasteiger partial charge on any atom is -0.329 e. The van der Waals surface area contributed by atoms with Gasteiger partial charge >= 0.3 is 0 Å². The van der Waals surface area contributed by atoms with Gasteiger partial charge in [-0.05, 0) is 35.9 Å². The van der Waals surface area contributed by atoms with E-state index in [4.69, 9.17) is 5.73 Å². The van der Waals surface area contributed by atoms with E-state index in [9.17, 15) is 13.2 Å². The molecule has 0 saturated carbocycles. The zero-order chi connectivity index (χ0) is 13.8. The minimum absolute atomic E-state index is 0.134. The molecule has 2 aromatic carbocycles. The predicted molar refractivity (Wildman–Crippen MR) is 70.4 cm³/mol. The first kappa shape index (κ1) is 14.0. The van der Waals surface area contributed by atoms with Crippen molar-refractivity contribution in [2.24, 2.45) is 5.73 Å². The van der Waals surface area contributed by atoms with Crippen molar-refractivity contribution in [3.05, 3.63) is 65.5 Å². The van der Waals surface area contributed by atoms with Crippen molar-refractivity contribution in [3.8, 4) is 0 Å². The summed E-state index contributed by atoms with van der Waals surface area (Å²) < 4.78 is 38.8. The molecule has 1 atom stereocenters. The molecule has 5 heteroatoms. The van der Waals surface area contributed by atoms with E-state index in [0.29, 0.717) is 11.4 Å². The van der Waals surface area contributed by atoms with Gasteiger partial charge in [-0.15, -0.1) is 11.8 Å². The summed E-state index contributed by atoms with van der Waals surface area (Å²) in [6.45, 7) is 0.315. The molecule has 0 radical (unpaired) electrons. The van der Waals surface area contributed by atoms with Crippen LogP contribution in [0, 0.1) is 17.5 Å². The van der Waals surface area contributed by atoms with Gasteiger partial charge in [-0.3, -0.25) is 0 Å². The summed E-state index contributed by atoms with van der Waals surface area (Å²) in [6.07, 6.45) is 0. The van der Waals surface area contributed by atoms with Gasteiger partial charge in [-0.25, -0.2) is 13.2 Å². The Balaban J connectivity index is 2.18. The molecule has 0 heterocycles. The lowest BCUT2D eigenvalue weighted by molar-refractivity contribution is 0.506. The van der Waals surface area contributed by atoms with Gasteiger partial charge in [0.25, 0.3) is 0 Å². The number of rotatable bonds is 4. The van der Waals surface area contributed by atoms with E-state index in [2.05, 4.69) is 0 Å². The molecule has 2 N–H and O–H groups in total. The number of benzene rings is 2. The third-order valence-electron chi connectivity index (χ3n) is 2.63. The van der Waals surface area contributed by atoms with Crippen molar-refractivity contribution in [3.63, 3.8) is 0 Å². The molecular formula is C14H12F3NS. The topological polar surface area (TPSA) is 26.0 Å². The first-order chi connectivity index (χ1) is 9.10. The highest BCUT2D eigenvalue weighted by atomic mass is 32.2. The Kier molecular flexibility index (Phi) is 4.50. The van der Waals surface area contributed by atoms with Crippen LogP contribution in [-0.4, -0.2) is 6.54 Å². The van der Waals surface area contributed by atoms with Crippen molar-refractivity contribution < 1.29 is 13.2 Å². The summed E-state index contributed by atoms with van der Waals surface area (Å²) >= 11 is 1.32. The number of halogens is 3. The second kappa shape index (κ2) is 6.12. The molecule has 1 unspecified atom stereocenters. The van der Waals surface area contributed by atoms with Crippen LogP contribution >= 0.6 is 11.8 Å². The zero-order valence-corrected chi connectivity index (χ0v) is 10.8. The van der Waals surface area contributed by atoms with Crippen LogP contribution in [0.3, 0.4) is 0 Å². The highest BCUT2D eigenvalue weighted by Crippen LogP contribution is 2.34. The van der Waals surface area contributed by atoms with Crippen LogP contribution in [0.1, 0.15) is 10.8 Å². The van der Waals surface area contributed by atoms with E-state index >= 15 is 0 Å². The molecule has 0 amide bonds. The number of thioether (sulfide) groups is 1. The van der Waals surface area contributed by atoms with Crippen LogP contribution in [0.15, 0.2) is 47.4 Å². The van der Waals surface area contributed by atoms with Crippen LogP contribution in [-0.2, 0) is 0 Å². The first-order valence-electron chi connectivity index (χ1n) is 5.67. The number of hydrogen-bond donors (Lipinski definition) is 1. The molecule has 19 heavy (non-hydrogen) atoms. The fourth-order valence-corrected chi connectivity index (χ4v) is 2.68. The molecule has 2 rings (SSSR count). The van der Waals surface area contributed by atoms with E-state index in [1.807, 2.05) is 0 Å². The van der Waals surface area contributed by atoms with Crippen LogP contribution in [0.25, 0.3) is 0 Å². The fraction of sp³-hybridized carbons (Fsp3) is 0.143. The highest BCUT2D eigenvalue weighted by Gasteiger charge is 2.13. The summed E-state index contributed by atoms with van der Waals surface area (Å²) in [5.74, 6) is -2.09. The van der Waals surface area contributed by atoms with Gasteiger partial charge in [0.15, 0.2) is 11.6 Å². The summed E-state index contributed by atoms with van der Waals surface area (Å²) in [7, 11) is 0. The van der Waals surface area contributed by atoms with Crippen molar-refractivity contribution >= 4 is 11.8 Å². The lowest BCUT2D eigenvalue weighted by Gasteiger charge is -2.15. The van der Waals surface area contributed by atoms with E-state index < -0.39 is 11.6 Å². The van der Waals surface area contributed by atoms with Gasteiger partial charge < -0.3 is 5.73 Å². The molecule has 0 fully saturated rings. The molecule has 0 aliphatic rings. The van der Waals surface area contributed by atoms with Crippen LogP contribution in [0.4, 0.5) is 13.2 Å². The maximum Gasteiger partial charge on any atom is 0.159 e. The summed E-state index contributed by atoms with van der Waals surface area (Å²) in [6, 6.07) is 9.68. The normalized spacial score (nSPS) is 12.4. The lowest BCUT2D eigenvalue weighted by atomic mass is 10.1. The predicted octanol–water partition coefficient (Wildman–Crippen LogP) is 3.90. The van der Waals surface area contributed by atoms with E-state index in [-0.39, 0.29) is 11.1 Å². The second-order valence-corrected chi connectivity index (χ2v) is 5.25. The summed E-state index contributed by atoms with van der Waals surface area (Å²) in [5, 5.41) is -0.134. The van der Waals surface area contributed by atoms with Gasteiger partial charge in [0, 0.05) is 16.7 Å². The quantitative estimate of drug-likeness (QED) is 0.861. The zero-order valence-electron chi connectivity index (χ0n) is 9.95. The maximum atomic E-state index is 13.1. The second-order valence-electron chi connectivity index (χ2n) is 3.97. The van der Waals surface area contributed by atoms with Gasteiger partial charge in [0.2, 0.25) is 0 Å². The molecule has 0 aromatic heterocycles. The molecule has 2 aromatic rings. The number of nitrogens with two attached hydrogens (primary N) is 1. The monoisotopic (exact) mass is 283 g/mol.